The normalized spacial score (nSPS) is 20.9. The van der Waals surface area contributed by atoms with E-state index in [1.54, 1.807) is 6.26 Å². The maximum Gasteiger partial charge on any atom is 0.110 e. The molecule has 1 aliphatic heterocycles. The molecule has 1 heterocycles. The first-order valence-corrected chi connectivity index (χ1v) is 4.34. The summed E-state index contributed by atoms with van der Waals surface area (Å²) in [6.07, 6.45) is 6.44. The van der Waals surface area contributed by atoms with Crippen molar-refractivity contribution in [1.29, 1.82) is 0 Å². The summed E-state index contributed by atoms with van der Waals surface area (Å²) in [5.41, 5.74) is 0. The van der Waals surface area contributed by atoms with E-state index in [4.69, 9.17) is 4.74 Å². The van der Waals surface area contributed by atoms with E-state index in [2.05, 4.69) is 23.2 Å². The van der Waals surface area contributed by atoms with E-state index >= 15 is 0 Å². The summed E-state index contributed by atoms with van der Waals surface area (Å²) in [7, 11) is 0. The van der Waals surface area contributed by atoms with Gasteiger partial charge in [-0.3, -0.25) is 0 Å². The lowest BCUT2D eigenvalue weighted by molar-refractivity contribution is 0.123. The van der Waals surface area contributed by atoms with E-state index in [0.717, 1.165) is 25.9 Å². The molecule has 0 saturated carbocycles. The maximum atomic E-state index is 5.37. The van der Waals surface area contributed by atoms with Crippen molar-refractivity contribution in [3.8, 4) is 11.8 Å². The Kier molecular flexibility index (Phi) is 4.33. The Labute approximate surface area is 74.0 Å². The standard InChI is InChI=1S/C10H15NO/c1-2-3-7-11-9-10-6-4-5-8-12-10/h5,8,10-11H,4,6-7,9H2,1H3. The lowest BCUT2D eigenvalue weighted by Gasteiger charge is -2.18. The van der Waals surface area contributed by atoms with Gasteiger partial charge in [-0.1, -0.05) is 5.92 Å². The molecule has 0 saturated heterocycles. The Balaban J connectivity index is 2.05. The molecule has 66 valence electrons. The van der Waals surface area contributed by atoms with Crippen molar-refractivity contribution in [2.75, 3.05) is 13.1 Å². The summed E-state index contributed by atoms with van der Waals surface area (Å²) in [6.45, 7) is 3.51. The van der Waals surface area contributed by atoms with Gasteiger partial charge in [0.1, 0.15) is 6.10 Å². The van der Waals surface area contributed by atoms with Gasteiger partial charge >= 0.3 is 0 Å². The van der Waals surface area contributed by atoms with Gasteiger partial charge in [-0.25, -0.2) is 0 Å². The summed E-state index contributed by atoms with van der Waals surface area (Å²) >= 11 is 0. The van der Waals surface area contributed by atoms with Crippen molar-refractivity contribution < 1.29 is 4.74 Å². The first-order chi connectivity index (χ1) is 5.93. The molecule has 1 atom stereocenters. The van der Waals surface area contributed by atoms with Gasteiger partial charge in [-0.15, -0.1) is 5.92 Å². The van der Waals surface area contributed by atoms with Crippen molar-refractivity contribution in [2.24, 2.45) is 0 Å². The number of nitrogens with one attached hydrogen (secondary N) is 1. The first kappa shape index (κ1) is 9.15. The molecule has 0 bridgehead atoms. The second-order valence-electron chi connectivity index (χ2n) is 2.76. The molecule has 1 unspecified atom stereocenters. The van der Waals surface area contributed by atoms with Crippen LogP contribution in [-0.4, -0.2) is 19.2 Å². The predicted octanol–water partition coefficient (Wildman–Crippen LogP) is 1.29. The summed E-state index contributed by atoms with van der Waals surface area (Å²) in [5.74, 6) is 5.79. The minimum Gasteiger partial charge on any atom is -0.497 e. The molecule has 0 aromatic rings. The molecule has 0 aliphatic carbocycles. The molecule has 1 N–H and O–H groups in total. The summed E-state index contributed by atoms with van der Waals surface area (Å²) in [5, 5.41) is 3.22. The predicted molar refractivity (Wildman–Crippen MR) is 49.6 cm³/mol. The van der Waals surface area contributed by atoms with E-state index in [1.165, 1.54) is 0 Å². The Morgan fingerprint density at radius 2 is 2.58 bits per heavy atom. The zero-order valence-corrected chi connectivity index (χ0v) is 7.47. The fourth-order valence-electron chi connectivity index (χ4n) is 1.12. The van der Waals surface area contributed by atoms with Crippen LogP contribution in [0.2, 0.25) is 0 Å². The van der Waals surface area contributed by atoms with Crippen LogP contribution >= 0.6 is 0 Å². The molecule has 0 radical (unpaired) electrons. The number of hydrogen-bond donors (Lipinski definition) is 1. The van der Waals surface area contributed by atoms with Gasteiger partial charge in [0.05, 0.1) is 12.8 Å². The number of hydrogen-bond acceptors (Lipinski definition) is 2. The van der Waals surface area contributed by atoms with Crippen molar-refractivity contribution >= 4 is 0 Å². The van der Waals surface area contributed by atoms with Crippen LogP contribution in [0.25, 0.3) is 0 Å². The van der Waals surface area contributed by atoms with Crippen LogP contribution in [0.3, 0.4) is 0 Å². The maximum absolute atomic E-state index is 5.37. The van der Waals surface area contributed by atoms with Gasteiger partial charge in [0.15, 0.2) is 0 Å². The fraction of sp³-hybridized carbons (Fsp3) is 0.600. The lowest BCUT2D eigenvalue weighted by atomic mass is 10.1. The summed E-state index contributed by atoms with van der Waals surface area (Å²) < 4.78 is 5.37. The molecule has 0 amide bonds. The van der Waals surface area contributed by atoms with Crippen LogP contribution in [-0.2, 0) is 4.74 Å². The van der Waals surface area contributed by atoms with E-state index in [1.807, 2.05) is 6.92 Å². The Bertz CT molecular complexity index is 200. The average Bonchev–Trinajstić information content (AvgIpc) is 2.14. The lowest BCUT2D eigenvalue weighted by Crippen LogP contribution is -2.29. The molecular weight excluding hydrogens is 150 g/mol. The average molecular weight is 165 g/mol. The van der Waals surface area contributed by atoms with Gasteiger partial charge in [0.2, 0.25) is 0 Å². The van der Waals surface area contributed by atoms with Crippen LogP contribution in [0.15, 0.2) is 12.3 Å². The molecule has 1 rings (SSSR count). The number of rotatable bonds is 3. The third-order valence-corrected chi connectivity index (χ3v) is 1.78. The molecular formula is C10H15NO. The zero-order valence-electron chi connectivity index (χ0n) is 7.47. The van der Waals surface area contributed by atoms with E-state index in [0.29, 0.717) is 6.10 Å². The first-order valence-electron chi connectivity index (χ1n) is 4.34. The molecule has 2 nitrogen and oxygen atoms in total. The molecule has 12 heavy (non-hydrogen) atoms. The zero-order chi connectivity index (χ0) is 8.65. The molecule has 2 heteroatoms. The SMILES string of the molecule is CC#CCNCC1CCC=CO1. The molecule has 0 fully saturated rings. The van der Waals surface area contributed by atoms with E-state index < -0.39 is 0 Å². The Morgan fingerprint density at radius 1 is 1.67 bits per heavy atom. The monoisotopic (exact) mass is 165 g/mol. The Morgan fingerprint density at radius 3 is 3.25 bits per heavy atom. The van der Waals surface area contributed by atoms with Gasteiger partial charge in [-0.2, -0.15) is 0 Å². The summed E-state index contributed by atoms with van der Waals surface area (Å²) in [4.78, 5) is 0. The molecule has 1 aliphatic rings. The Hall–Kier alpha value is -0.940. The molecule has 0 aromatic carbocycles. The van der Waals surface area contributed by atoms with Crippen molar-refractivity contribution in [3.05, 3.63) is 12.3 Å². The highest BCUT2D eigenvalue weighted by atomic mass is 16.5. The third kappa shape index (κ3) is 3.45. The van der Waals surface area contributed by atoms with Crippen molar-refractivity contribution in [3.63, 3.8) is 0 Å². The topological polar surface area (TPSA) is 21.3 Å². The fourth-order valence-corrected chi connectivity index (χ4v) is 1.12. The second kappa shape index (κ2) is 5.68. The molecule has 0 spiro atoms. The number of ether oxygens (including phenoxy) is 1. The van der Waals surface area contributed by atoms with Gasteiger partial charge < -0.3 is 10.1 Å². The highest BCUT2D eigenvalue weighted by Crippen LogP contribution is 2.08. The number of allylic oxidation sites excluding steroid dienone is 1. The van der Waals surface area contributed by atoms with Crippen LogP contribution in [0, 0.1) is 11.8 Å². The highest BCUT2D eigenvalue weighted by Gasteiger charge is 2.08. The van der Waals surface area contributed by atoms with Crippen molar-refractivity contribution in [2.45, 2.75) is 25.9 Å². The second-order valence-corrected chi connectivity index (χ2v) is 2.76. The van der Waals surface area contributed by atoms with Crippen LogP contribution in [0.5, 0.6) is 0 Å². The van der Waals surface area contributed by atoms with Gasteiger partial charge in [-0.05, 0) is 25.8 Å². The van der Waals surface area contributed by atoms with Crippen LogP contribution in [0.4, 0.5) is 0 Å². The van der Waals surface area contributed by atoms with Gasteiger partial charge in [0.25, 0.3) is 0 Å². The largest absolute Gasteiger partial charge is 0.497 e. The van der Waals surface area contributed by atoms with Crippen LogP contribution in [0.1, 0.15) is 19.8 Å². The minimum absolute atomic E-state index is 0.341. The minimum atomic E-state index is 0.341. The van der Waals surface area contributed by atoms with E-state index in [9.17, 15) is 0 Å². The third-order valence-electron chi connectivity index (χ3n) is 1.78. The van der Waals surface area contributed by atoms with E-state index in [-0.39, 0.29) is 0 Å². The highest BCUT2D eigenvalue weighted by molar-refractivity contribution is 4.97. The smallest absolute Gasteiger partial charge is 0.110 e. The van der Waals surface area contributed by atoms with Crippen LogP contribution < -0.4 is 5.32 Å². The van der Waals surface area contributed by atoms with Crippen molar-refractivity contribution in [1.82, 2.24) is 5.32 Å². The van der Waals surface area contributed by atoms with Gasteiger partial charge in [0, 0.05) is 6.54 Å². The quantitative estimate of drug-likeness (QED) is 0.502. The molecule has 0 aromatic heterocycles. The summed E-state index contributed by atoms with van der Waals surface area (Å²) in [6, 6.07) is 0.